The maximum Gasteiger partial charge on any atom is 0.317 e. The molecular weight excluding hydrogens is 260 g/mol. The highest BCUT2D eigenvalue weighted by Gasteiger charge is 2.13. The van der Waals surface area contributed by atoms with Gasteiger partial charge in [0.1, 0.15) is 11.5 Å². The van der Waals surface area contributed by atoms with E-state index in [-0.39, 0.29) is 6.03 Å². The van der Waals surface area contributed by atoms with Crippen LogP contribution in [-0.4, -0.2) is 67.4 Å². The molecule has 1 aliphatic rings. The Morgan fingerprint density at radius 2 is 2.25 bits per heavy atom. The lowest BCUT2D eigenvalue weighted by molar-refractivity contribution is 0.0386. The lowest BCUT2D eigenvalue weighted by atomic mass is 10.3. The van der Waals surface area contributed by atoms with Crippen molar-refractivity contribution in [3.8, 4) is 0 Å². The van der Waals surface area contributed by atoms with Crippen molar-refractivity contribution in [3.63, 3.8) is 0 Å². The molecule has 0 bridgehead atoms. The topological polar surface area (TPSA) is 70.8 Å². The van der Waals surface area contributed by atoms with E-state index in [0.29, 0.717) is 13.1 Å². The predicted octanol–water partition coefficient (Wildman–Crippen LogP) is 0.457. The van der Waals surface area contributed by atoms with Crippen molar-refractivity contribution in [2.45, 2.75) is 13.5 Å². The predicted molar refractivity (Wildman–Crippen MR) is 73.4 cm³/mol. The Morgan fingerprint density at radius 3 is 2.90 bits per heavy atom. The van der Waals surface area contributed by atoms with Gasteiger partial charge in [0.05, 0.1) is 19.8 Å². The number of aryl methyl sites for hydroxylation is 1. The molecule has 0 radical (unpaired) electrons. The summed E-state index contributed by atoms with van der Waals surface area (Å²) >= 11 is 0. The lowest BCUT2D eigenvalue weighted by Crippen LogP contribution is -2.44. The molecule has 1 saturated heterocycles. The fourth-order valence-electron chi connectivity index (χ4n) is 2.09. The van der Waals surface area contributed by atoms with Gasteiger partial charge in [-0.3, -0.25) is 4.90 Å². The van der Waals surface area contributed by atoms with E-state index in [2.05, 4.69) is 15.4 Å². The minimum Gasteiger partial charge on any atom is -0.379 e. The molecule has 2 amide bonds. The Hall–Kier alpha value is -1.60. The molecule has 20 heavy (non-hydrogen) atoms. The number of nitrogens with zero attached hydrogens (tertiary/aromatic N) is 3. The van der Waals surface area contributed by atoms with Gasteiger partial charge >= 0.3 is 6.03 Å². The molecule has 2 heterocycles. The summed E-state index contributed by atoms with van der Waals surface area (Å²) < 4.78 is 10.3. The van der Waals surface area contributed by atoms with Crippen molar-refractivity contribution >= 4 is 6.03 Å². The van der Waals surface area contributed by atoms with Crippen LogP contribution in [0.5, 0.6) is 0 Å². The van der Waals surface area contributed by atoms with Crippen LogP contribution in [-0.2, 0) is 11.3 Å². The van der Waals surface area contributed by atoms with E-state index in [1.54, 1.807) is 11.9 Å². The summed E-state index contributed by atoms with van der Waals surface area (Å²) in [4.78, 5) is 15.8. The van der Waals surface area contributed by atoms with Crippen LogP contribution in [0.4, 0.5) is 4.79 Å². The first-order valence-corrected chi connectivity index (χ1v) is 6.86. The smallest absolute Gasteiger partial charge is 0.317 e. The number of rotatable bonds is 5. The molecule has 0 aliphatic carbocycles. The number of carbonyl (C=O) groups excluding carboxylic acids is 1. The summed E-state index contributed by atoms with van der Waals surface area (Å²) in [7, 11) is 1.74. The van der Waals surface area contributed by atoms with Crippen LogP contribution in [0.25, 0.3) is 0 Å². The monoisotopic (exact) mass is 282 g/mol. The molecule has 1 fully saturated rings. The number of aromatic nitrogens is 1. The third kappa shape index (κ3) is 4.50. The van der Waals surface area contributed by atoms with Gasteiger partial charge in [-0.1, -0.05) is 5.16 Å². The minimum atomic E-state index is -0.0982. The standard InChI is InChI=1S/C13H22N4O3/c1-11-9-12(15-20-11)10-16(2)13(18)14-3-4-17-5-7-19-8-6-17/h9H,3-8,10H2,1-2H3,(H,14,18). The first kappa shape index (κ1) is 14.8. The van der Waals surface area contributed by atoms with Gasteiger partial charge in [0.2, 0.25) is 0 Å². The number of urea groups is 1. The molecular formula is C13H22N4O3. The molecule has 1 aromatic rings. The highest BCUT2D eigenvalue weighted by molar-refractivity contribution is 5.73. The fraction of sp³-hybridized carbons (Fsp3) is 0.692. The Bertz CT molecular complexity index is 429. The third-order valence-electron chi connectivity index (χ3n) is 3.23. The number of hydrogen-bond acceptors (Lipinski definition) is 5. The molecule has 0 atom stereocenters. The van der Waals surface area contributed by atoms with E-state index >= 15 is 0 Å². The van der Waals surface area contributed by atoms with Crippen molar-refractivity contribution in [1.29, 1.82) is 0 Å². The Balaban J connectivity index is 1.65. The van der Waals surface area contributed by atoms with Crippen molar-refractivity contribution in [2.75, 3.05) is 46.4 Å². The molecule has 112 valence electrons. The average Bonchev–Trinajstić information content (AvgIpc) is 2.85. The molecule has 0 aromatic carbocycles. The van der Waals surface area contributed by atoms with Crippen molar-refractivity contribution in [2.24, 2.45) is 0 Å². The quantitative estimate of drug-likeness (QED) is 0.849. The van der Waals surface area contributed by atoms with Crippen LogP contribution in [0.15, 0.2) is 10.6 Å². The van der Waals surface area contributed by atoms with Gasteiger partial charge in [0.15, 0.2) is 0 Å². The van der Waals surface area contributed by atoms with Crippen LogP contribution in [0.3, 0.4) is 0 Å². The van der Waals surface area contributed by atoms with Crippen LogP contribution in [0.1, 0.15) is 11.5 Å². The lowest BCUT2D eigenvalue weighted by Gasteiger charge is -2.26. The minimum absolute atomic E-state index is 0.0982. The normalized spacial score (nSPS) is 16.1. The van der Waals surface area contributed by atoms with Gasteiger partial charge < -0.3 is 19.5 Å². The van der Waals surface area contributed by atoms with Crippen LogP contribution in [0.2, 0.25) is 0 Å². The highest BCUT2D eigenvalue weighted by Crippen LogP contribution is 2.04. The van der Waals surface area contributed by atoms with Gasteiger partial charge in [-0.2, -0.15) is 0 Å². The largest absolute Gasteiger partial charge is 0.379 e. The molecule has 1 aromatic heterocycles. The summed E-state index contributed by atoms with van der Waals surface area (Å²) in [5.41, 5.74) is 0.758. The van der Waals surface area contributed by atoms with E-state index in [1.165, 1.54) is 0 Å². The van der Waals surface area contributed by atoms with E-state index in [0.717, 1.165) is 44.3 Å². The molecule has 0 unspecified atom stereocenters. The number of amides is 2. The highest BCUT2D eigenvalue weighted by atomic mass is 16.5. The summed E-state index contributed by atoms with van der Waals surface area (Å²) in [5, 5.41) is 6.78. The van der Waals surface area contributed by atoms with Crippen molar-refractivity contribution in [3.05, 3.63) is 17.5 Å². The number of nitrogens with one attached hydrogen (secondary N) is 1. The van der Waals surface area contributed by atoms with E-state index in [1.807, 2.05) is 13.0 Å². The second-order valence-corrected chi connectivity index (χ2v) is 4.97. The molecule has 0 saturated carbocycles. The summed E-state index contributed by atoms with van der Waals surface area (Å²) in [6.07, 6.45) is 0. The molecule has 7 heteroatoms. The number of morpholine rings is 1. The van der Waals surface area contributed by atoms with E-state index in [9.17, 15) is 4.79 Å². The molecule has 7 nitrogen and oxygen atoms in total. The molecule has 1 N–H and O–H groups in total. The van der Waals surface area contributed by atoms with E-state index < -0.39 is 0 Å². The number of ether oxygens (including phenoxy) is 1. The molecule has 1 aliphatic heterocycles. The maximum atomic E-state index is 11.9. The zero-order chi connectivity index (χ0) is 14.4. The van der Waals surface area contributed by atoms with Gasteiger partial charge in [-0.15, -0.1) is 0 Å². The Morgan fingerprint density at radius 1 is 1.50 bits per heavy atom. The zero-order valence-electron chi connectivity index (χ0n) is 12.1. The van der Waals surface area contributed by atoms with Crippen molar-refractivity contribution < 1.29 is 14.1 Å². The number of carbonyl (C=O) groups is 1. The van der Waals surface area contributed by atoms with Crippen LogP contribution in [0, 0.1) is 6.92 Å². The average molecular weight is 282 g/mol. The Kier molecular flexibility index (Phi) is 5.37. The first-order chi connectivity index (χ1) is 9.65. The zero-order valence-corrected chi connectivity index (χ0v) is 12.1. The van der Waals surface area contributed by atoms with Crippen LogP contribution >= 0.6 is 0 Å². The summed E-state index contributed by atoms with van der Waals surface area (Å²) in [6, 6.07) is 1.73. The molecule has 0 spiro atoms. The van der Waals surface area contributed by atoms with Gasteiger partial charge in [-0.25, -0.2) is 4.79 Å². The van der Waals surface area contributed by atoms with Crippen molar-refractivity contribution in [1.82, 2.24) is 20.3 Å². The second kappa shape index (κ2) is 7.25. The van der Waals surface area contributed by atoms with Gasteiger partial charge in [0.25, 0.3) is 0 Å². The third-order valence-corrected chi connectivity index (χ3v) is 3.23. The van der Waals surface area contributed by atoms with Gasteiger partial charge in [0, 0.05) is 39.3 Å². The Labute approximate surface area is 118 Å². The second-order valence-electron chi connectivity index (χ2n) is 4.97. The first-order valence-electron chi connectivity index (χ1n) is 6.86. The fourth-order valence-corrected chi connectivity index (χ4v) is 2.09. The summed E-state index contributed by atoms with van der Waals surface area (Å²) in [6.45, 7) is 7.19. The van der Waals surface area contributed by atoms with E-state index in [4.69, 9.17) is 9.26 Å². The van der Waals surface area contributed by atoms with Gasteiger partial charge in [-0.05, 0) is 6.92 Å². The summed E-state index contributed by atoms with van der Waals surface area (Å²) in [5.74, 6) is 0.751. The molecule has 2 rings (SSSR count). The SMILES string of the molecule is Cc1cc(CN(C)C(=O)NCCN2CCOCC2)no1. The van der Waals surface area contributed by atoms with Crippen LogP contribution < -0.4 is 5.32 Å². The maximum absolute atomic E-state index is 11.9. The number of hydrogen-bond donors (Lipinski definition) is 1.